The van der Waals surface area contributed by atoms with Gasteiger partial charge in [0.25, 0.3) is 0 Å². The molecule has 1 aromatic heterocycles. The smallest absolute Gasteiger partial charge is 0.335 e. The number of aliphatic hydroxyl groups is 3. The Hall–Kier alpha value is -5.65. The molecule has 0 saturated carbocycles. The molecule has 7 atom stereocenters. The lowest BCUT2D eigenvalue weighted by Gasteiger charge is -2.45. The van der Waals surface area contributed by atoms with Crippen LogP contribution in [-0.4, -0.2) is 98.0 Å². The summed E-state index contributed by atoms with van der Waals surface area (Å²) in [7, 11) is 1.85. The molecule has 0 radical (unpaired) electrons. The van der Waals surface area contributed by atoms with E-state index in [1.807, 2.05) is 31.3 Å². The van der Waals surface area contributed by atoms with E-state index < -0.39 is 76.7 Å². The quantitative estimate of drug-likeness (QED) is 0.0626. The molecule has 53 heavy (non-hydrogen) atoms. The van der Waals surface area contributed by atoms with Gasteiger partial charge in [0.05, 0.1) is 6.54 Å². The van der Waals surface area contributed by atoms with Crippen LogP contribution in [0.25, 0.3) is 33.9 Å². The Kier molecular flexibility index (Phi) is 10.1. The van der Waals surface area contributed by atoms with Crippen LogP contribution in [0.3, 0.4) is 0 Å². The van der Waals surface area contributed by atoms with Crippen molar-refractivity contribution in [3.05, 3.63) is 81.5 Å². The fourth-order valence-electron chi connectivity index (χ4n) is 7.20. The van der Waals surface area contributed by atoms with Crippen LogP contribution in [0.1, 0.15) is 36.0 Å². The van der Waals surface area contributed by atoms with Gasteiger partial charge in [-0.15, -0.1) is 0 Å². The van der Waals surface area contributed by atoms with Crippen LogP contribution in [-0.2, 0) is 9.53 Å². The zero-order valence-corrected chi connectivity index (χ0v) is 28.6. The van der Waals surface area contributed by atoms with E-state index in [2.05, 4.69) is 23.3 Å². The summed E-state index contributed by atoms with van der Waals surface area (Å²) < 4.78 is 17.0. The number of aromatic hydroxyl groups is 3. The molecule has 0 spiro atoms. The number of carboxylic acid groups (broad SMARTS) is 1. The third-order valence-corrected chi connectivity index (χ3v) is 9.82. The Labute approximate surface area is 301 Å². The van der Waals surface area contributed by atoms with E-state index in [0.29, 0.717) is 17.7 Å². The molecule has 0 bridgehead atoms. The summed E-state index contributed by atoms with van der Waals surface area (Å²) in [4.78, 5) is 29.1. The number of phenolic OH excluding ortho intramolecular Hbond substituents is 3. The van der Waals surface area contributed by atoms with E-state index in [1.54, 1.807) is 12.1 Å². The number of fused-ring (bicyclic) bond motifs is 2. The Morgan fingerprint density at radius 2 is 1.74 bits per heavy atom. The fraction of sp³-hybridized carbons (Fsp3) is 0.324. The number of hydrogen-bond donors (Lipinski definition) is 10. The van der Waals surface area contributed by atoms with Crippen molar-refractivity contribution in [3.63, 3.8) is 0 Å². The van der Waals surface area contributed by atoms with Gasteiger partial charge in [0.1, 0.15) is 40.3 Å². The highest BCUT2D eigenvalue weighted by Gasteiger charge is 2.58. The molecule has 12 N–H and O–H groups in total. The van der Waals surface area contributed by atoms with Crippen LogP contribution < -0.4 is 26.9 Å². The Morgan fingerprint density at radius 3 is 2.42 bits per heavy atom. The molecule has 0 amide bonds. The van der Waals surface area contributed by atoms with Gasteiger partial charge in [-0.2, -0.15) is 0 Å². The molecule has 6 rings (SSSR count). The molecule has 1 aliphatic carbocycles. The SMILES string of the molecule is CC[C@H]1c2ccccc2C=C(c2cc(O)ccc2-c2cc(=O)c3c(O)c(O)c(O[C@@H]4O[C@H](C(=O)O)[C@@H](O)[C@@](O)(CN=C(N)N)[C@H]4O)cc3o2)[C@@H]1CNC. The van der Waals surface area contributed by atoms with Crippen LogP contribution in [0, 0.1) is 5.92 Å². The first-order valence-corrected chi connectivity index (χ1v) is 16.7. The van der Waals surface area contributed by atoms with Crippen molar-refractivity contribution in [1.29, 1.82) is 0 Å². The third kappa shape index (κ3) is 6.62. The molecular formula is C37H40N4O12. The highest BCUT2D eigenvalue weighted by atomic mass is 16.7. The summed E-state index contributed by atoms with van der Waals surface area (Å²) in [6.45, 7) is 1.83. The zero-order valence-electron chi connectivity index (χ0n) is 28.6. The normalized spacial score (nSPS) is 25.3. The predicted octanol–water partition coefficient (Wildman–Crippen LogP) is 1.37. The van der Waals surface area contributed by atoms with Gasteiger partial charge >= 0.3 is 5.97 Å². The number of guanidine groups is 1. The highest BCUT2D eigenvalue weighted by molar-refractivity contribution is 5.94. The minimum absolute atomic E-state index is 0.0270. The van der Waals surface area contributed by atoms with Gasteiger partial charge in [0.15, 0.2) is 29.0 Å². The van der Waals surface area contributed by atoms with Gasteiger partial charge < -0.3 is 66.4 Å². The highest BCUT2D eigenvalue weighted by Crippen LogP contribution is 2.48. The van der Waals surface area contributed by atoms with Gasteiger partial charge in [0.2, 0.25) is 12.0 Å². The summed E-state index contributed by atoms with van der Waals surface area (Å²) in [6.07, 6.45) is -5.87. The number of carboxylic acids is 1. The minimum Gasteiger partial charge on any atom is -0.508 e. The van der Waals surface area contributed by atoms with Crippen molar-refractivity contribution in [1.82, 2.24) is 5.32 Å². The van der Waals surface area contributed by atoms with Crippen molar-refractivity contribution >= 4 is 34.5 Å². The Morgan fingerprint density at radius 1 is 1.00 bits per heavy atom. The molecule has 1 aliphatic heterocycles. The van der Waals surface area contributed by atoms with Crippen molar-refractivity contribution in [2.45, 2.75) is 49.5 Å². The van der Waals surface area contributed by atoms with Crippen LogP contribution >= 0.6 is 0 Å². The standard InChI is InChI=1S/C37H40N4O12/c1-3-18-19-7-5-4-6-16(19)10-21(23(18)14-40-2)22-11-17(42)8-9-20(22)25-12-24(43)28-26(51-25)13-27(29(44)30(28)45)52-35-33(47)37(50,15-41-36(38)39)32(46)31(53-35)34(48)49/h4-13,18,23,31-33,35,40,42,44-47,50H,3,14-15H2,1-2H3,(H,48,49)(H4,38,39,41)/t18-,23+,31-,32+,33-,35+,37-/m0/s1. The second-order valence-corrected chi connectivity index (χ2v) is 13.1. The van der Waals surface area contributed by atoms with Gasteiger partial charge in [-0.05, 0) is 59.8 Å². The largest absolute Gasteiger partial charge is 0.508 e. The number of nitrogens with two attached hydrogens (primary N) is 2. The summed E-state index contributed by atoms with van der Waals surface area (Å²) >= 11 is 0. The zero-order chi connectivity index (χ0) is 38.4. The summed E-state index contributed by atoms with van der Waals surface area (Å²) in [5.74, 6) is -4.84. The lowest BCUT2D eigenvalue weighted by atomic mass is 9.71. The van der Waals surface area contributed by atoms with E-state index in [0.717, 1.165) is 29.7 Å². The third-order valence-electron chi connectivity index (χ3n) is 9.82. The van der Waals surface area contributed by atoms with Gasteiger partial charge in [0, 0.05) is 30.2 Å². The molecule has 0 unspecified atom stereocenters. The molecule has 4 aromatic rings. The number of hydrogen-bond acceptors (Lipinski definition) is 13. The summed E-state index contributed by atoms with van der Waals surface area (Å²) in [6, 6.07) is 14.8. The molecule has 1 saturated heterocycles. The maximum Gasteiger partial charge on any atom is 0.335 e. The number of nitrogens with one attached hydrogen (secondary N) is 1. The number of nitrogens with zero attached hydrogens (tertiary/aromatic N) is 1. The molecule has 16 heteroatoms. The van der Waals surface area contributed by atoms with Crippen LogP contribution in [0.4, 0.5) is 0 Å². The lowest BCUT2D eigenvalue weighted by Crippen LogP contribution is -2.70. The van der Waals surface area contributed by atoms with Crippen LogP contribution in [0.5, 0.6) is 23.0 Å². The van der Waals surface area contributed by atoms with Crippen molar-refractivity contribution < 1.29 is 54.4 Å². The molecule has 16 nitrogen and oxygen atoms in total. The average molecular weight is 733 g/mol. The number of aliphatic carboxylic acids is 1. The first-order valence-electron chi connectivity index (χ1n) is 16.7. The predicted molar refractivity (Wildman–Crippen MR) is 192 cm³/mol. The first-order chi connectivity index (χ1) is 25.2. The summed E-state index contributed by atoms with van der Waals surface area (Å²) in [5, 5.41) is 77.9. The number of aliphatic hydroxyl groups excluding tert-OH is 2. The number of rotatable bonds is 10. The maximum absolute atomic E-state index is 13.6. The van der Waals surface area contributed by atoms with Crippen LogP contribution in [0.2, 0.25) is 0 Å². The van der Waals surface area contributed by atoms with Crippen molar-refractivity contribution in [2.75, 3.05) is 20.1 Å². The number of carbonyl (C=O) groups is 1. The van der Waals surface area contributed by atoms with Crippen molar-refractivity contribution in [2.24, 2.45) is 22.4 Å². The molecule has 2 aliphatic rings. The molecule has 1 fully saturated rings. The molecule has 2 heterocycles. The first kappa shape index (κ1) is 37.1. The second-order valence-electron chi connectivity index (χ2n) is 13.1. The fourth-order valence-corrected chi connectivity index (χ4v) is 7.20. The lowest BCUT2D eigenvalue weighted by molar-refractivity contribution is -0.303. The van der Waals surface area contributed by atoms with E-state index in [-0.39, 0.29) is 28.9 Å². The second kappa shape index (κ2) is 14.4. The van der Waals surface area contributed by atoms with Gasteiger partial charge in [-0.3, -0.25) is 9.79 Å². The Balaban J connectivity index is 1.47. The van der Waals surface area contributed by atoms with E-state index in [4.69, 9.17) is 25.4 Å². The number of phenols is 3. The van der Waals surface area contributed by atoms with E-state index in [1.165, 1.54) is 11.6 Å². The average Bonchev–Trinajstić information content (AvgIpc) is 3.12. The molecule has 280 valence electrons. The van der Waals surface area contributed by atoms with Crippen LogP contribution in [0.15, 0.2) is 68.8 Å². The minimum atomic E-state index is -2.73. The van der Waals surface area contributed by atoms with E-state index in [9.17, 15) is 45.3 Å². The number of benzene rings is 3. The van der Waals surface area contributed by atoms with Crippen molar-refractivity contribution in [3.8, 4) is 34.3 Å². The maximum atomic E-state index is 13.6. The Bertz CT molecular complexity index is 2180. The monoisotopic (exact) mass is 732 g/mol. The van der Waals surface area contributed by atoms with Gasteiger partial charge in [-0.1, -0.05) is 37.3 Å². The van der Waals surface area contributed by atoms with E-state index >= 15 is 0 Å². The number of aliphatic imine (C=N–C) groups is 1. The summed E-state index contributed by atoms with van der Waals surface area (Å²) in [5.41, 5.74) is 11.0. The molecular weight excluding hydrogens is 692 g/mol. The number of ether oxygens (including phenoxy) is 2. The molecule has 3 aromatic carbocycles. The topological polar surface area (TPSA) is 284 Å². The van der Waals surface area contributed by atoms with Gasteiger partial charge in [-0.25, -0.2) is 4.79 Å².